The van der Waals surface area contributed by atoms with Gasteiger partial charge in [0.05, 0.1) is 6.61 Å². The molecular formula is C11H17N3O7. The summed E-state index contributed by atoms with van der Waals surface area (Å²) in [6.45, 7) is 1.10. The summed E-state index contributed by atoms with van der Waals surface area (Å²) in [6, 6.07) is 0. The van der Waals surface area contributed by atoms with Crippen molar-refractivity contribution in [3.63, 3.8) is 0 Å². The van der Waals surface area contributed by atoms with E-state index in [-0.39, 0.29) is 5.82 Å². The number of anilines is 1. The summed E-state index contributed by atoms with van der Waals surface area (Å²) in [5.74, 6) is 0.201. The molecule has 0 radical (unpaired) electrons. The van der Waals surface area contributed by atoms with E-state index >= 15 is 0 Å². The number of nitrogens with one attached hydrogen (secondary N) is 2. The summed E-state index contributed by atoms with van der Waals surface area (Å²) in [5.41, 5.74) is 2.35. The smallest absolute Gasteiger partial charge is 0.346 e. The van der Waals surface area contributed by atoms with Gasteiger partial charge in [0.25, 0.3) is 0 Å². The first kappa shape index (κ1) is 15.8. The van der Waals surface area contributed by atoms with Crippen LogP contribution >= 0.6 is 0 Å². The van der Waals surface area contributed by atoms with Crippen molar-refractivity contribution in [1.82, 2.24) is 9.97 Å². The van der Waals surface area contributed by atoms with Gasteiger partial charge in [-0.1, -0.05) is 0 Å². The molecule has 1 aliphatic heterocycles. The molecule has 118 valence electrons. The molecule has 0 amide bonds. The van der Waals surface area contributed by atoms with Gasteiger partial charge in [0.15, 0.2) is 0 Å². The number of aromatic amines is 1. The van der Waals surface area contributed by atoms with Crippen molar-refractivity contribution in [2.45, 2.75) is 37.6 Å². The first-order chi connectivity index (χ1) is 9.93. The van der Waals surface area contributed by atoms with Crippen molar-refractivity contribution >= 4 is 5.82 Å². The molecule has 6 N–H and O–H groups in total. The summed E-state index contributed by atoms with van der Waals surface area (Å²) in [4.78, 5) is 22.0. The third-order valence-corrected chi connectivity index (χ3v) is 3.13. The van der Waals surface area contributed by atoms with Crippen LogP contribution in [-0.4, -0.2) is 67.7 Å². The van der Waals surface area contributed by atoms with E-state index in [1.54, 1.807) is 6.92 Å². The Bertz CT molecular complexity index is 535. The number of nitrogens with zero attached hydrogens (tertiary/aromatic N) is 1. The number of aliphatic hydroxyl groups excluding tert-OH is 4. The minimum atomic E-state index is -1.54. The van der Waals surface area contributed by atoms with Gasteiger partial charge in [-0.05, 0) is 6.92 Å². The fourth-order valence-electron chi connectivity index (χ4n) is 1.85. The molecule has 0 aromatic carbocycles. The summed E-state index contributed by atoms with van der Waals surface area (Å²) in [6.07, 6.45) is -5.65. The minimum absolute atomic E-state index is 0.201. The maximum Gasteiger partial charge on any atom is 0.346 e. The van der Waals surface area contributed by atoms with Crippen molar-refractivity contribution in [1.29, 1.82) is 0 Å². The molecule has 10 heteroatoms. The highest BCUT2D eigenvalue weighted by Gasteiger charge is 2.44. The minimum Gasteiger partial charge on any atom is -0.394 e. The standard InChI is InChI=1S/C11H17N3O7/c1-4-2-12-11(19)13-9(4)14-21-10-8(18)7(17)6(16)5(3-15)20-10/h2,5-8,10,15-18H,3H2,1H3,(H2,12,13,14,19)/t5-,6-,7+,8-,10?/m1/s1. The van der Waals surface area contributed by atoms with Crippen molar-refractivity contribution < 1.29 is 30.0 Å². The van der Waals surface area contributed by atoms with Crippen LogP contribution in [0.3, 0.4) is 0 Å². The molecule has 1 aromatic rings. The number of hydrogen-bond acceptors (Lipinski definition) is 9. The van der Waals surface area contributed by atoms with Crippen LogP contribution in [0.5, 0.6) is 0 Å². The van der Waals surface area contributed by atoms with Crippen LogP contribution in [0.2, 0.25) is 0 Å². The molecule has 10 nitrogen and oxygen atoms in total. The zero-order valence-electron chi connectivity index (χ0n) is 11.1. The lowest BCUT2D eigenvalue weighted by atomic mass is 9.99. The topological polar surface area (TPSA) is 157 Å². The Labute approximate surface area is 118 Å². The number of ether oxygens (including phenoxy) is 1. The highest BCUT2D eigenvalue weighted by Crippen LogP contribution is 2.22. The molecule has 0 bridgehead atoms. The largest absolute Gasteiger partial charge is 0.394 e. The third-order valence-electron chi connectivity index (χ3n) is 3.13. The molecular weight excluding hydrogens is 286 g/mol. The highest BCUT2D eigenvalue weighted by molar-refractivity contribution is 5.38. The molecule has 1 unspecified atom stereocenters. The number of H-pyrrole nitrogens is 1. The van der Waals surface area contributed by atoms with Crippen molar-refractivity contribution in [2.75, 3.05) is 12.1 Å². The van der Waals surface area contributed by atoms with E-state index in [1.165, 1.54) is 6.20 Å². The molecule has 1 aromatic heterocycles. The second-order valence-electron chi connectivity index (χ2n) is 4.66. The molecule has 1 saturated heterocycles. The molecule has 0 aliphatic carbocycles. The molecule has 21 heavy (non-hydrogen) atoms. The van der Waals surface area contributed by atoms with Crippen LogP contribution in [0, 0.1) is 6.92 Å². The van der Waals surface area contributed by atoms with Crippen LogP contribution in [0.25, 0.3) is 0 Å². The average molecular weight is 303 g/mol. The number of rotatable bonds is 4. The van der Waals surface area contributed by atoms with E-state index in [9.17, 15) is 20.1 Å². The molecule has 1 fully saturated rings. The number of hydrogen-bond donors (Lipinski definition) is 6. The van der Waals surface area contributed by atoms with Gasteiger partial charge in [-0.2, -0.15) is 0 Å². The monoisotopic (exact) mass is 303 g/mol. The van der Waals surface area contributed by atoms with Crippen molar-refractivity contribution in [2.24, 2.45) is 0 Å². The second-order valence-corrected chi connectivity index (χ2v) is 4.66. The van der Waals surface area contributed by atoms with Crippen molar-refractivity contribution in [3.05, 3.63) is 22.2 Å². The number of aryl methyl sites for hydroxylation is 1. The maximum absolute atomic E-state index is 11.1. The first-order valence-corrected chi connectivity index (χ1v) is 6.22. The van der Waals surface area contributed by atoms with Crippen molar-refractivity contribution in [3.8, 4) is 0 Å². The Balaban J connectivity index is 2.05. The Hall–Kier alpha value is -1.56. The van der Waals surface area contributed by atoms with E-state index in [0.717, 1.165) is 0 Å². The first-order valence-electron chi connectivity index (χ1n) is 6.22. The van der Waals surface area contributed by atoms with Crippen LogP contribution in [0.1, 0.15) is 5.56 Å². The van der Waals surface area contributed by atoms with Gasteiger partial charge in [-0.3, -0.25) is 4.98 Å². The summed E-state index contributed by atoms with van der Waals surface area (Å²) >= 11 is 0. The van der Waals surface area contributed by atoms with E-state index in [1.807, 2.05) is 0 Å². The zero-order valence-corrected chi connectivity index (χ0v) is 11.1. The predicted molar refractivity (Wildman–Crippen MR) is 68.1 cm³/mol. The fourth-order valence-corrected chi connectivity index (χ4v) is 1.85. The lowest BCUT2D eigenvalue weighted by molar-refractivity contribution is -0.294. The van der Waals surface area contributed by atoms with Crippen LogP contribution in [0.4, 0.5) is 5.82 Å². The van der Waals surface area contributed by atoms with Gasteiger partial charge in [-0.15, -0.1) is 0 Å². The fraction of sp³-hybridized carbons (Fsp3) is 0.636. The normalized spacial score (nSPS) is 32.9. The van der Waals surface area contributed by atoms with Crippen LogP contribution in [0.15, 0.2) is 11.0 Å². The number of aliphatic hydroxyl groups is 4. The Morgan fingerprint density at radius 2 is 2.10 bits per heavy atom. The lowest BCUT2D eigenvalue weighted by Gasteiger charge is -2.39. The third kappa shape index (κ3) is 3.37. The Morgan fingerprint density at radius 3 is 2.76 bits per heavy atom. The highest BCUT2D eigenvalue weighted by atomic mass is 16.8. The molecule has 1 aliphatic rings. The van der Waals surface area contributed by atoms with Crippen LogP contribution in [-0.2, 0) is 9.57 Å². The van der Waals surface area contributed by atoms with Gasteiger partial charge in [0.1, 0.15) is 30.2 Å². The van der Waals surface area contributed by atoms with Gasteiger partial charge in [0.2, 0.25) is 6.29 Å². The SMILES string of the molecule is Cc1cnc(=O)[nH]c1NOC1O[C@H](CO)[C@@H](O)[C@H](O)[C@H]1O. The second kappa shape index (κ2) is 6.47. The molecule has 2 heterocycles. The lowest BCUT2D eigenvalue weighted by Crippen LogP contribution is -2.59. The molecule has 5 atom stereocenters. The predicted octanol–water partition coefficient (Wildman–Crippen LogP) is -2.78. The van der Waals surface area contributed by atoms with E-state index in [2.05, 4.69) is 15.4 Å². The zero-order chi connectivity index (χ0) is 15.6. The quantitative estimate of drug-likeness (QED) is 0.324. The van der Waals surface area contributed by atoms with Crippen LogP contribution < -0.4 is 11.2 Å². The van der Waals surface area contributed by atoms with Gasteiger partial charge in [-0.25, -0.2) is 20.1 Å². The maximum atomic E-state index is 11.1. The summed E-state index contributed by atoms with van der Waals surface area (Å²) in [5, 5.41) is 38.0. The van der Waals surface area contributed by atoms with E-state index in [4.69, 9.17) is 14.7 Å². The molecule has 2 rings (SSSR count). The Morgan fingerprint density at radius 1 is 1.38 bits per heavy atom. The summed E-state index contributed by atoms with van der Waals surface area (Å²) in [7, 11) is 0. The number of aromatic nitrogens is 2. The van der Waals surface area contributed by atoms with E-state index in [0.29, 0.717) is 5.56 Å². The molecule has 0 spiro atoms. The summed E-state index contributed by atoms with van der Waals surface area (Å²) < 4.78 is 5.12. The molecule has 0 saturated carbocycles. The van der Waals surface area contributed by atoms with E-state index < -0.39 is 43.0 Å². The average Bonchev–Trinajstić information content (AvgIpc) is 2.47. The van der Waals surface area contributed by atoms with Gasteiger partial charge >= 0.3 is 5.69 Å². The Kier molecular flexibility index (Phi) is 4.88. The van der Waals surface area contributed by atoms with Gasteiger partial charge in [0, 0.05) is 11.8 Å². The van der Waals surface area contributed by atoms with Gasteiger partial charge < -0.3 is 25.2 Å².